The minimum atomic E-state index is -0.374. The minimum absolute atomic E-state index is 0.325. The second kappa shape index (κ2) is 5.08. The van der Waals surface area contributed by atoms with Crippen molar-refractivity contribution in [3.63, 3.8) is 0 Å². The van der Waals surface area contributed by atoms with Crippen molar-refractivity contribution in [2.24, 2.45) is 14.1 Å². The van der Waals surface area contributed by atoms with Gasteiger partial charge in [-0.15, -0.1) is 0 Å². The zero-order chi connectivity index (χ0) is 16.0. The standard InChI is InChI=1S/C15H19N5O2/c1-5-6-7-20-9(2)17-10-8-16-13-11(12(10)20)14(21)19(4)15(22)18(13)3/h8H,5-7H2,1-4H3. The summed E-state index contributed by atoms with van der Waals surface area (Å²) in [6.07, 6.45) is 3.69. The molecule has 0 radical (unpaired) electrons. The molecule has 0 fully saturated rings. The van der Waals surface area contributed by atoms with Crippen LogP contribution in [0.2, 0.25) is 0 Å². The molecule has 0 saturated carbocycles. The first kappa shape index (κ1) is 14.5. The zero-order valence-corrected chi connectivity index (χ0v) is 13.3. The van der Waals surface area contributed by atoms with Gasteiger partial charge >= 0.3 is 5.69 Å². The summed E-state index contributed by atoms with van der Waals surface area (Å²) in [6.45, 7) is 4.84. The highest BCUT2D eigenvalue weighted by Gasteiger charge is 2.17. The molecule has 0 saturated heterocycles. The molecule has 0 aliphatic rings. The summed E-state index contributed by atoms with van der Waals surface area (Å²) in [6, 6.07) is 0. The van der Waals surface area contributed by atoms with E-state index in [4.69, 9.17) is 0 Å². The summed E-state index contributed by atoms with van der Waals surface area (Å²) in [7, 11) is 3.12. The lowest BCUT2D eigenvalue weighted by molar-refractivity contribution is 0.631. The Morgan fingerprint density at radius 1 is 1.18 bits per heavy atom. The van der Waals surface area contributed by atoms with Crippen molar-refractivity contribution in [1.82, 2.24) is 23.7 Å². The van der Waals surface area contributed by atoms with Crippen LogP contribution < -0.4 is 11.2 Å². The van der Waals surface area contributed by atoms with Gasteiger partial charge in [-0.2, -0.15) is 0 Å². The summed E-state index contributed by atoms with van der Waals surface area (Å²) >= 11 is 0. The lowest BCUT2D eigenvalue weighted by Gasteiger charge is -2.10. The zero-order valence-electron chi connectivity index (χ0n) is 13.3. The number of pyridine rings is 1. The summed E-state index contributed by atoms with van der Waals surface area (Å²) in [5.74, 6) is 0.855. The molecule has 3 aromatic rings. The molecule has 0 bridgehead atoms. The van der Waals surface area contributed by atoms with Gasteiger partial charge in [-0.05, 0) is 13.3 Å². The third kappa shape index (κ3) is 1.88. The van der Waals surface area contributed by atoms with Crippen molar-refractivity contribution in [1.29, 1.82) is 0 Å². The van der Waals surface area contributed by atoms with Crippen molar-refractivity contribution >= 4 is 22.1 Å². The molecule has 7 heteroatoms. The average Bonchev–Trinajstić information content (AvgIpc) is 2.83. The van der Waals surface area contributed by atoms with Crippen LogP contribution in [0.25, 0.3) is 22.1 Å². The topological polar surface area (TPSA) is 74.7 Å². The van der Waals surface area contributed by atoms with Crippen LogP contribution in [0, 0.1) is 6.92 Å². The Balaban J connectivity index is 2.55. The molecule has 0 N–H and O–H groups in total. The lowest BCUT2D eigenvalue weighted by Crippen LogP contribution is -2.37. The normalized spacial score (nSPS) is 11.6. The Labute approximate surface area is 126 Å². The van der Waals surface area contributed by atoms with Crippen LogP contribution in [0.15, 0.2) is 15.8 Å². The first-order chi connectivity index (χ1) is 10.5. The first-order valence-corrected chi connectivity index (χ1v) is 7.39. The van der Waals surface area contributed by atoms with Gasteiger partial charge in [0.2, 0.25) is 0 Å². The molecule has 0 aromatic carbocycles. The van der Waals surface area contributed by atoms with Gasteiger partial charge in [-0.3, -0.25) is 13.9 Å². The molecule has 0 unspecified atom stereocenters. The van der Waals surface area contributed by atoms with E-state index in [9.17, 15) is 9.59 Å². The molecule has 0 aliphatic carbocycles. The molecule has 3 aromatic heterocycles. The van der Waals surface area contributed by atoms with E-state index in [-0.39, 0.29) is 11.2 Å². The van der Waals surface area contributed by atoms with E-state index in [0.717, 1.165) is 35.3 Å². The molecule has 0 spiro atoms. The molecule has 22 heavy (non-hydrogen) atoms. The number of nitrogens with zero attached hydrogens (tertiary/aromatic N) is 5. The lowest BCUT2D eigenvalue weighted by atomic mass is 10.2. The molecule has 116 valence electrons. The fraction of sp³-hybridized carbons (Fsp3) is 0.467. The number of fused-ring (bicyclic) bond motifs is 3. The van der Waals surface area contributed by atoms with Crippen molar-refractivity contribution < 1.29 is 0 Å². The molecule has 0 amide bonds. The molecule has 7 nitrogen and oxygen atoms in total. The smallest absolute Gasteiger partial charge is 0.327 e. The van der Waals surface area contributed by atoms with Crippen molar-refractivity contribution in [3.05, 3.63) is 32.9 Å². The van der Waals surface area contributed by atoms with E-state index in [2.05, 4.69) is 21.5 Å². The van der Waals surface area contributed by atoms with Gasteiger partial charge in [0, 0.05) is 20.6 Å². The van der Waals surface area contributed by atoms with Gasteiger partial charge in [0.1, 0.15) is 16.7 Å². The number of imidazole rings is 1. The summed E-state index contributed by atoms with van der Waals surface area (Å²) in [5, 5.41) is 0.457. The second-order valence-electron chi connectivity index (χ2n) is 5.56. The molecule has 3 rings (SSSR count). The highest BCUT2D eigenvalue weighted by atomic mass is 16.2. The molecular weight excluding hydrogens is 282 g/mol. The number of hydrogen-bond acceptors (Lipinski definition) is 4. The Hall–Kier alpha value is -2.44. The number of rotatable bonds is 3. The molecule has 0 atom stereocenters. The third-order valence-electron chi connectivity index (χ3n) is 4.10. The predicted molar refractivity (Wildman–Crippen MR) is 85.2 cm³/mol. The van der Waals surface area contributed by atoms with E-state index >= 15 is 0 Å². The van der Waals surface area contributed by atoms with Gasteiger partial charge in [-0.25, -0.2) is 14.8 Å². The van der Waals surface area contributed by atoms with Gasteiger partial charge < -0.3 is 4.57 Å². The average molecular weight is 301 g/mol. The molecule has 0 aliphatic heterocycles. The van der Waals surface area contributed by atoms with Crippen LogP contribution in [0.5, 0.6) is 0 Å². The maximum Gasteiger partial charge on any atom is 0.332 e. The number of hydrogen-bond donors (Lipinski definition) is 0. The van der Waals surface area contributed by atoms with Crippen LogP contribution in [0.4, 0.5) is 0 Å². The number of aromatic nitrogens is 5. The first-order valence-electron chi connectivity index (χ1n) is 7.39. The van der Waals surface area contributed by atoms with E-state index in [0.29, 0.717) is 16.6 Å². The van der Waals surface area contributed by atoms with Gasteiger partial charge in [0.05, 0.1) is 11.7 Å². The maximum absolute atomic E-state index is 12.6. The van der Waals surface area contributed by atoms with E-state index < -0.39 is 0 Å². The second-order valence-corrected chi connectivity index (χ2v) is 5.56. The summed E-state index contributed by atoms with van der Waals surface area (Å²) in [4.78, 5) is 33.5. The Bertz CT molecular complexity index is 993. The fourth-order valence-electron chi connectivity index (χ4n) is 2.84. The summed E-state index contributed by atoms with van der Waals surface area (Å²) < 4.78 is 4.58. The molecular formula is C15H19N5O2. The quantitative estimate of drug-likeness (QED) is 0.726. The number of aryl methyl sites for hydroxylation is 3. The van der Waals surface area contributed by atoms with Crippen molar-refractivity contribution in [2.75, 3.05) is 0 Å². The van der Waals surface area contributed by atoms with Crippen LogP contribution >= 0.6 is 0 Å². The molecule has 3 heterocycles. The Morgan fingerprint density at radius 3 is 2.59 bits per heavy atom. The Morgan fingerprint density at radius 2 is 1.91 bits per heavy atom. The maximum atomic E-state index is 12.6. The van der Waals surface area contributed by atoms with E-state index in [1.165, 1.54) is 11.6 Å². The largest absolute Gasteiger partial charge is 0.332 e. The van der Waals surface area contributed by atoms with E-state index in [1.54, 1.807) is 13.2 Å². The monoisotopic (exact) mass is 301 g/mol. The highest BCUT2D eigenvalue weighted by Crippen LogP contribution is 2.21. The van der Waals surface area contributed by atoms with Crippen molar-refractivity contribution in [2.45, 2.75) is 33.2 Å². The fourth-order valence-corrected chi connectivity index (χ4v) is 2.84. The SMILES string of the molecule is CCCCn1c(C)nc2cnc3c(c(=O)n(C)c(=O)n3C)c21. The van der Waals surface area contributed by atoms with Crippen LogP contribution in [-0.4, -0.2) is 23.7 Å². The van der Waals surface area contributed by atoms with Crippen molar-refractivity contribution in [3.8, 4) is 0 Å². The van der Waals surface area contributed by atoms with Crippen LogP contribution in [-0.2, 0) is 20.6 Å². The summed E-state index contributed by atoms with van der Waals surface area (Å²) in [5.41, 5.74) is 1.16. The number of unbranched alkanes of at least 4 members (excludes halogenated alkanes) is 1. The minimum Gasteiger partial charge on any atom is -0.327 e. The highest BCUT2D eigenvalue weighted by molar-refractivity contribution is 6.00. The van der Waals surface area contributed by atoms with Gasteiger partial charge in [0.25, 0.3) is 5.56 Å². The Kier molecular flexibility index (Phi) is 3.35. The van der Waals surface area contributed by atoms with Crippen LogP contribution in [0.1, 0.15) is 25.6 Å². The third-order valence-corrected chi connectivity index (χ3v) is 4.10. The van der Waals surface area contributed by atoms with Crippen LogP contribution in [0.3, 0.4) is 0 Å². The van der Waals surface area contributed by atoms with Gasteiger partial charge in [0.15, 0.2) is 5.65 Å². The van der Waals surface area contributed by atoms with E-state index in [1.807, 2.05) is 6.92 Å². The van der Waals surface area contributed by atoms with Gasteiger partial charge in [-0.1, -0.05) is 13.3 Å². The predicted octanol–water partition coefficient (Wildman–Crippen LogP) is 1.09.